The van der Waals surface area contributed by atoms with Gasteiger partial charge in [-0.25, -0.2) is 0 Å². The van der Waals surface area contributed by atoms with Crippen LogP contribution in [0.15, 0.2) is 18.2 Å². The summed E-state index contributed by atoms with van der Waals surface area (Å²) >= 11 is 5.89. The van der Waals surface area contributed by atoms with Gasteiger partial charge in [0.05, 0.1) is 4.92 Å². The van der Waals surface area contributed by atoms with Crippen LogP contribution < -0.4 is 11.1 Å². The number of non-ortho nitro benzene ring substituents is 1. The fourth-order valence-electron chi connectivity index (χ4n) is 4.07. The Bertz CT molecular complexity index is 627. The number of rotatable bonds is 3. The van der Waals surface area contributed by atoms with Gasteiger partial charge in [0, 0.05) is 34.8 Å². The number of nitro groups is 1. The fourth-order valence-corrected chi connectivity index (χ4v) is 4.30. The van der Waals surface area contributed by atoms with Crippen LogP contribution in [0.4, 0.5) is 5.69 Å². The third-order valence-corrected chi connectivity index (χ3v) is 5.25. The van der Waals surface area contributed by atoms with Crippen molar-refractivity contribution in [3.05, 3.63) is 38.9 Å². The smallest absolute Gasteiger partial charge is 0.271 e. The molecule has 0 saturated heterocycles. The van der Waals surface area contributed by atoms with Gasteiger partial charge in [0.1, 0.15) is 0 Å². The molecule has 2 saturated carbocycles. The molecule has 0 radical (unpaired) electrons. The van der Waals surface area contributed by atoms with Gasteiger partial charge in [-0.05, 0) is 43.6 Å². The van der Waals surface area contributed by atoms with Gasteiger partial charge in [0.25, 0.3) is 11.6 Å². The van der Waals surface area contributed by atoms with Crippen molar-refractivity contribution in [2.24, 2.45) is 17.6 Å². The van der Waals surface area contributed by atoms with E-state index in [0.717, 1.165) is 25.7 Å². The number of hydrogen-bond acceptors (Lipinski definition) is 4. The van der Waals surface area contributed by atoms with Crippen LogP contribution in [0.1, 0.15) is 42.5 Å². The second-order valence-corrected chi connectivity index (χ2v) is 7.07. The summed E-state index contributed by atoms with van der Waals surface area (Å²) in [4.78, 5) is 22.9. The van der Waals surface area contributed by atoms with Crippen LogP contribution in [0.5, 0.6) is 0 Å². The summed E-state index contributed by atoms with van der Waals surface area (Å²) < 4.78 is 0. The Morgan fingerprint density at radius 1 is 1.25 bits per heavy atom. The van der Waals surface area contributed by atoms with Crippen molar-refractivity contribution >= 4 is 35.6 Å². The number of carbonyl (C=O) groups excluding carboxylic acids is 1. The Morgan fingerprint density at radius 2 is 1.88 bits per heavy atom. The highest BCUT2D eigenvalue weighted by atomic mass is 35.5. The molecule has 0 aliphatic heterocycles. The number of amides is 1. The third kappa shape index (κ3) is 3.99. The molecule has 3 rings (SSSR count). The molecule has 24 heavy (non-hydrogen) atoms. The normalized spacial score (nSPS) is 28.6. The van der Waals surface area contributed by atoms with E-state index in [1.165, 1.54) is 24.6 Å². The lowest BCUT2D eigenvalue weighted by Gasteiger charge is -2.45. The molecule has 1 aromatic rings. The van der Waals surface area contributed by atoms with E-state index in [0.29, 0.717) is 11.8 Å². The molecule has 2 aliphatic rings. The van der Waals surface area contributed by atoms with Crippen LogP contribution in [-0.2, 0) is 0 Å². The second-order valence-electron chi connectivity index (χ2n) is 6.64. The minimum Gasteiger partial charge on any atom is -0.349 e. The van der Waals surface area contributed by atoms with E-state index in [-0.39, 0.29) is 46.7 Å². The number of hydrogen-bond donors (Lipinski definition) is 2. The van der Waals surface area contributed by atoms with Crippen molar-refractivity contribution in [3.63, 3.8) is 0 Å². The van der Waals surface area contributed by atoms with Gasteiger partial charge >= 0.3 is 0 Å². The van der Waals surface area contributed by atoms with Gasteiger partial charge in [-0.1, -0.05) is 18.0 Å². The highest BCUT2D eigenvalue weighted by molar-refractivity contribution is 6.31. The van der Waals surface area contributed by atoms with E-state index in [9.17, 15) is 14.9 Å². The summed E-state index contributed by atoms with van der Waals surface area (Å²) in [6.07, 6.45) is 5.18. The second kappa shape index (κ2) is 7.68. The summed E-state index contributed by atoms with van der Waals surface area (Å²) in [5.41, 5.74) is 6.16. The minimum atomic E-state index is -0.545. The number of fused-ring (bicyclic) bond motifs is 2. The zero-order chi connectivity index (χ0) is 16.6. The van der Waals surface area contributed by atoms with E-state index in [1.807, 2.05) is 0 Å². The zero-order valence-corrected chi connectivity index (χ0v) is 14.7. The first kappa shape index (κ1) is 19.0. The number of nitrogens with one attached hydrogen (secondary N) is 1. The van der Waals surface area contributed by atoms with Crippen molar-refractivity contribution in [2.75, 3.05) is 0 Å². The van der Waals surface area contributed by atoms with Crippen molar-refractivity contribution < 1.29 is 9.72 Å². The Labute approximate surface area is 151 Å². The van der Waals surface area contributed by atoms with Crippen LogP contribution in [0, 0.1) is 22.0 Å². The lowest BCUT2D eigenvalue weighted by molar-refractivity contribution is -0.384. The van der Waals surface area contributed by atoms with Crippen LogP contribution in [-0.4, -0.2) is 22.9 Å². The van der Waals surface area contributed by atoms with E-state index in [2.05, 4.69) is 5.32 Å². The monoisotopic (exact) mass is 373 g/mol. The first-order valence-corrected chi connectivity index (χ1v) is 8.33. The number of carbonyl (C=O) groups is 1. The first-order valence-electron chi connectivity index (χ1n) is 7.95. The summed E-state index contributed by atoms with van der Waals surface area (Å²) in [5, 5.41) is 14.2. The van der Waals surface area contributed by atoms with Gasteiger partial charge in [0.15, 0.2) is 0 Å². The standard InChI is InChI=1S/C16H20ClN3O3.ClH/c17-12-4-11(7-14(8-12)20(22)23)16(21)19-15-9-2-1-3-10(15)6-13(18)5-9;/h4,7-10,13,15H,1-3,5-6,18H2,(H,19,21);1H. The first-order chi connectivity index (χ1) is 10.9. The van der Waals surface area contributed by atoms with Crippen molar-refractivity contribution in [3.8, 4) is 0 Å². The highest BCUT2D eigenvalue weighted by Crippen LogP contribution is 2.39. The van der Waals surface area contributed by atoms with Crippen LogP contribution in [0.25, 0.3) is 0 Å². The lowest BCUT2D eigenvalue weighted by atomic mass is 9.67. The summed E-state index contributed by atoms with van der Waals surface area (Å²) in [7, 11) is 0. The Morgan fingerprint density at radius 3 is 2.46 bits per heavy atom. The highest BCUT2D eigenvalue weighted by Gasteiger charge is 2.40. The van der Waals surface area contributed by atoms with Gasteiger partial charge in [0.2, 0.25) is 0 Å². The molecule has 2 unspecified atom stereocenters. The molecule has 2 aliphatic carbocycles. The summed E-state index contributed by atoms with van der Waals surface area (Å²) in [6, 6.07) is 4.30. The molecule has 2 fully saturated rings. The van der Waals surface area contributed by atoms with Gasteiger partial charge in [-0.15, -0.1) is 12.4 Å². The molecule has 2 bridgehead atoms. The van der Waals surface area contributed by atoms with Crippen molar-refractivity contribution in [1.82, 2.24) is 5.32 Å². The molecule has 0 heterocycles. The number of nitrogens with two attached hydrogens (primary N) is 1. The van der Waals surface area contributed by atoms with Crippen molar-refractivity contribution in [1.29, 1.82) is 0 Å². The molecule has 132 valence electrons. The maximum absolute atomic E-state index is 12.5. The summed E-state index contributed by atoms with van der Waals surface area (Å²) in [6.45, 7) is 0. The van der Waals surface area contributed by atoms with Crippen LogP contribution in [0.3, 0.4) is 0 Å². The SMILES string of the molecule is Cl.NC1CC2CCCC(C1)C2NC(=O)c1cc(Cl)cc([N+](=O)[O-])c1. The molecule has 1 aromatic carbocycles. The molecule has 8 heteroatoms. The molecule has 0 aromatic heterocycles. The molecular weight excluding hydrogens is 353 g/mol. The number of benzene rings is 1. The maximum atomic E-state index is 12.5. The lowest BCUT2D eigenvalue weighted by Crippen LogP contribution is -2.53. The molecule has 1 amide bonds. The van der Waals surface area contributed by atoms with Gasteiger partial charge in [-0.3, -0.25) is 14.9 Å². The predicted octanol–water partition coefficient (Wildman–Crippen LogP) is 3.31. The third-order valence-electron chi connectivity index (χ3n) is 5.03. The molecule has 6 nitrogen and oxygen atoms in total. The Hall–Kier alpha value is -1.37. The van der Waals surface area contributed by atoms with Crippen LogP contribution >= 0.6 is 24.0 Å². The predicted molar refractivity (Wildman–Crippen MR) is 94.6 cm³/mol. The molecule has 3 N–H and O–H groups in total. The summed E-state index contributed by atoms with van der Waals surface area (Å²) in [5.74, 6) is 0.499. The quantitative estimate of drug-likeness (QED) is 0.626. The van der Waals surface area contributed by atoms with Gasteiger partial charge < -0.3 is 11.1 Å². The number of nitrogens with zero attached hydrogens (tertiary/aromatic N) is 1. The van der Waals surface area contributed by atoms with Crippen molar-refractivity contribution in [2.45, 2.75) is 44.2 Å². The zero-order valence-electron chi connectivity index (χ0n) is 13.1. The average Bonchev–Trinajstić information content (AvgIpc) is 2.47. The molecular formula is C16H21Cl2N3O3. The Balaban J connectivity index is 0.00000208. The van der Waals surface area contributed by atoms with Crippen LogP contribution in [0.2, 0.25) is 5.02 Å². The van der Waals surface area contributed by atoms with E-state index < -0.39 is 4.92 Å². The van der Waals surface area contributed by atoms with E-state index in [4.69, 9.17) is 17.3 Å². The topological polar surface area (TPSA) is 98.3 Å². The maximum Gasteiger partial charge on any atom is 0.271 e. The molecule has 2 atom stereocenters. The Kier molecular flexibility index (Phi) is 6.06. The van der Waals surface area contributed by atoms with Gasteiger partial charge in [-0.2, -0.15) is 0 Å². The minimum absolute atomic E-state index is 0. The molecule has 0 spiro atoms. The van der Waals surface area contributed by atoms with E-state index in [1.54, 1.807) is 0 Å². The fraction of sp³-hybridized carbons (Fsp3) is 0.562. The largest absolute Gasteiger partial charge is 0.349 e. The number of nitro benzene ring substituents is 1. The average molecular weight is 374 g/mol. The number of halogens is 2. The van der Waals surface area contributed by atoms with E-state index >= 15 is 0 Å².